The van der Waals surface area contributed by atoms with E-state index >= 15 is 0 Å². The van der Waals surface area contributed by atoms with Crippen LogP contribution in [-0.4, -0.2) is 55.3 Å². The predicted molar refractivity (Wildman–Crippen MR) is 78.0 cm³/mol. The SMILES string of the molecule is CCn1cnnc1C1CCCN(C(=O)C(F)(F)C2(O)CCC2)C1. The molecule has 0 spiro atoms. The quantitative estimate of drug-likeness (QED) is 0.910. The van der Waals surface area contributed by atoms with Crippen LogP contribution in [0.15, 0.2) is 6.33 Å². The summed E-state index contributed by atoms with van der Waals surface area (Å²) >= 11 is 0. The highest BCUT2D eigenvalue weighted by molar-refractivity contribution is 5.85. The Morgan fingerprint density at radius 1 is 1.48 bits per heavy atom. The van der Waals surface area contributed by atoms with Crippen LogP contribution in [0.3, 0.4) is 0 Å². The molecule has 0 radical (unpaired) electrons. The molecular weight excluding hydrogens is 306 g/mol. The normalized spacial score (nSPS) is 24.3. The Labute approximate surface area is 133 Å². The first-order valence-electron chi connectivity index (χ1n) is 8.16. The largest absolute Gasteiger partial charge is 0.383 e. The van der Waals surface area contributed by atoms with E-state index in [1.807, 2.05) is 11.5 Å². The number of carbonyl (C=O) groups is 1. The molecule has 3 rings (SSSR count). The monoisotopic (exact) mass is 328 g/mol. The number of alkyl halides is 2. The molecule has 1 atom stereocenters. The average Bonchev–Trinajstić information content (AvgIpc) is 3.00. The third-order valence-corrected chi connectivity index (χ3v) is 5.09. The number of carbonyl (C=O) groups excluding carboxylic acids is 1. The Balaban J connectivity index is 1.74. The number of aromatic nitrogens is 3. The summed E-state index contributed by atoms with van der Waals surface area (Å²) in [6.45, 7) is 3.14. The number of halogens is 2. The van der Waals surface area contributed by atoms with Crippen molar-refractivity contribution in [3.8, 4) is 0 Å². The van der Waals surface area contributed by atoms with Crippen molar-refractivity contribution in [3.63, 3.8) is 0 Å². The lowest BCUT2D eigenvalue weighted by atomic mass is 9.74. The van der Waals surface area contributed by atoms with Gasteiger partial charge in [-0.15, -0.1) is 10.2 Å². The van der Waals surface area contributed by atoms with E-state index in [4.69, 9.17) is 0 Å². The van der Waals surface area contributed by atoms with Crippen LogP contribution < -0.4 is 0 Å². The Kier molecular flexibility index (Phi) is 4.12. The lowest BCUT2D eigenvalue weighted by molar-refractivity contribution is -0.224. The second-order valence-electron chi connectivity index (χ2n) is 6.53. The van der Waals surface area contributed by atoms with Crippen molar-refractivity contribution in [1.29, 1.82) is 0 Å². The van der Waals surface area contributed by atoms with Gasteiger partial charge in [-0.25, -0.2) is 0 Å². The van der Waals surface area contributed by atoms with E-state index in [1.54, 1.807) is 6.33 Å². The molecule has 23 heavy (non-hydrogen) atoms. The third-order valence-electron chi connectivity index (χ3n) is 5.09. The molecule has 1 aliphatic heterocycles. The molecule has 2 heterocycles. The van der Waals surface area contributed by atoms with Crippen LogP contribution in [0.5, 0.6) is 0 Å². The Hall–Kier alpha value is -1.57. The van der Waals surface area contributed by atoms with Gasteiger partial charge in [0.1, 0.15) is 17.8 Å². The number of aliphatic hydroxyl groups is 1. The van der Waals surface area contributed by atoms with Crippen LogP contribution >= 0.6 is 0 Å². The van der Waals surface area contributed by atoms with Gasteiger partial charge in [0.05, 0.1) is 0 Å². The van der Waals surface area contributed by atoms with Gasteiger partial charge in [0.25, 0.3) is 5.91 Å². The first-order chi connectivity index (χ1) is 10.9. The van der Waals surface area contributed by atoms with Gasteiger partial charge in [-0.3, -0.25) is 4.79 Å². The topological polar surface area (TPSA) is 71.2 Å². The molecule has 2 aliphatic rings. The number of likely N-dealkylation sites (tertiary alicyclic amines) is 1. The zero-order valence-electron chi connectivity index (χ0n) is 13.2. The van der Waals surface area contributed by atoms with Crippen molar-refractivity contribution in [1.82, 2.24) is 19.7 Å². The van der Waals surface area contributed by atoms with Crippen LogP contribution in [0, 0.1) is 0 Å². The van der Waals surface area contributed by atoms with E-state index in [1.165, 1.54) is 4.90 Å². The molecule has 0 aromatic carbocycles. The summed E-state index contributed by atoms with van der Waals surface area (Å²) in [5.41, 5.74) is -2.17. The zero-order chi connectivity index (χ0) is 16.7. The molecule has 1 unspecified atom stereocenters. The first-order valence-corrected chi connectivity index (χ1v) is 8.16. The van der Waals surface area contributed by atoms with Gasteiger partial charge < -0.3 is 14.6 Å². The van der Waals surface area contributed by atoms with Crippen molar-refractivity contribution in [2.24, 2.45) is 0 Å². The molecule has 2 fully saturated rings. The number of piperidine rings is 1. The van der Waals surface area contributed by atoms with Gasteiger partial charge >= 0.3 is 5.92 Å². The van der Waals surface area contributed by atoms with Crippen molar-refractivity contribution >= 4 is 5.91 Å². The number of hydrogen-bond acceptors (Lipinski definition) is 4. The molecule has 8 heteroatoms. The molecule has 1 aliphatic carbocycles. The molecular formula is C15H22F2N4O2. The molecule has 1 saturated heterocycles. The van der Waals surface area contributed by atoms with Gasteiger partial charge in [-0.1, -0.05) is 0 Å². The van der Waals surface area contributed by atoms with E-state index in [0.29, 0.717) is 25.9 Å². The second kappa shape index (κ2) is 5.81. The van der Waals surface area contributed by atoms with Gasteiger partial charge in [-0.05, 0) is 39.0 Å². The summed E-state index contributed by atoms with van der Waals surface area (Å²) in [6, 6.07) is 0. The van der Waals surface area contributed by atoms with Crippen LogP contribution in [0.2, 0.25) is 0 Å². The van der Waals surface area contributed by atoms with Crippen molar-refractivity contribution < 1.29 is 18.7 Å². The number of aryl methyl sites for hydroxylation is 1. The molecule has 1 aromatic heterocycles. The van der Waals surface area contributed by atoms with Crippen molar-refractivity contribution in [3.05, 3.63) is 12.2 Å². The van der Waals surface area contributed by atoms with Crippen LogP contribution in [0.1, 0.15) is 50.8 Å². The van der Waals surface area contributed by atoms with Gasteiger partial charge in [0.15, 0.2) is 0 Å². The fourth-order valence-corrected chi connectivity index (χ4v) is 3.42. The van der Waals surface area contributed by atoms with E-state index in [-0.39, 0.29) is 25.3 Å². The predicted octanol–water partition coefficient (Wildman–Crippen LogP) is 1.55. The molecule has 1 saturated carbocycles. The average molecular weight is 328 g/mol. The summed E-state index contributed by atoms with van der Waals surface area (Å²) in [5, 5.41) is 17.9. The maximum absolute atomic E-state index is 14.4. The highest BCUT2D eigenvalue weighted by Gasteiger charge is 2.62. The summed E-state index contributed by atoms with van der Waals surface area (Å²) < 4.78 is 30.6. The number of rotatable bonds is 4. The van der Waals surface area contributed by atoms with Crippen molar-refractivity contribution in [2.75, 3.05) is 13.1 Å². The van der Waals surface area contributed by atoms with E-state index < -0.39 is 17.4 Å². The minimum Gasteiger partial charge on any atom is -0.383 e. The number of amides is 1. The molecule has 1 N–H and O–H groups in total. The number of hydrogen-bond donors (Lipinski definition) is 1. The van der Waals surface area contributed by atoms with E-state index in [2.05, 4.69) is 10.2 Å². The highest BCUT2D eigenvalue weighted by Crippen LogP contribution is 2.45. The summed E-state index contributed by atoms with van der Waals surface area (Å²) in [7, 11) is 0. The standard InChI is InChI=1S/C15H22F2N4O2/c1-2-20-10-18-19-12(20)11-5-3-8-21(9-11)13(22)15(16,17)14(23)6-4-7-14/h10-11,23H,2-9H2,1H3. The smallest absolute Gasteiger partial charge is 0.352 e. The van der Waals surface area contributed by atoms with Gasteiger partial charge in [0.2, 0.25) is 0 Å². The highest BCUT2D eigenvalue weighted by atomic mass is 19.3. The lowest BCUT2D eigenvalue weighted by Crippen LogP contribution is -2.62. The Morgan fingerprint density at radius 2 is 2.22 bits per heavy atom. The molecule has 1 amide bonds. The molecule has 6 nitrogen and oxygen atoms in total. The van der Waals surface area contributed by atoms with Gasteiger partial charge in [-0.2, -0.15) is 8.78 Å². The van der Waals surface area contributed by atoms with Crippen LogP contribution in [0.4, 0.5) is 8.78 Å². The molecule has 0 bridgehead atoms. The molecule has 128 valence electrons. The van der Waals surface area contributed by atoms with Crippen LogP contribution in [0.25, 0.3) is 0 Å². The Bertz CT molecular complexity index is 586. The second-order valence-corrected chi connectivity index (χ2v) is 6.53. The lowest BCUT2D eigenvalue weighted by Gasteiger charge is -2.44. The fraction of sp³-hybridized carbons (Fsp3) is 0.800. The van der Waals surface area contributed by atoms with E-state index in [0.717, 1.165) is 12.2 Å². The maximum atomic E-state index is 14.4. The zero-order valence-corrected chi connectivity index (χ0v) is 13.2. The molecule has 1 aromatic rings. The van der Waals surface area contributed by atoms with Crippen LogP contribution in [-0.2, 0) is 11.3 Å². The fourth-order valence-electron chi connectivity index (χ4n) is 3.42. The van der Waals surface area contributed by atoms with Gasteiger partial charge in [0, 0.05) is 25.6 Å². The van der Waals surface area contributed by atoms with E-state index in [9.17, 15) is 18.7 Å². The number of nitrogens with zero attached hydrogens (tertiary/aromatic N) is 4. The Morgan fingerprint density at radius 3 is 2.83 bits per heavy atom. The summed E-state index contributed by atoms with van der Waals surface area (Å²) in [4.78, 5) is 13.5. The first kappa shape index (κ1) is 16.3. The van der Waals surface area contributed by atoms with Crippen molar-refractivity contribution in [2.45, 2.75) is 63.0 Å². The summed E-state index contributed by atoms with van der Waals surface area (Å²) in [6.07, 6.45) is 3.53. The minimum absolute atomic E-state index is 0.0207. The maximum Gasteiger partial charge on any atom is 0.352 e. The minimum atomic E-state index is -3.72. The third kappa shape index (κ3) is 2.62. The summed E-state index contributed by atoms with van der Waals surface area (Å²) in [5.74, 6) is -4.34.